The van der Waals surface area contributed by atoms with Crippen LogP contribution in [-0.2, 0) is 11.3 Å². The molecule has 1 aromatic heterocycles. The van der Waals surface area contributed by atoms with Gasteiger partial charge in [-0.25, -0.2) is 9.98 Å². The number of aliphatic imine (C=N–C) groups is 1. The normalized spacial score (nSPS) is 15.6. The molecule has 2 rings (SSSR count). The lowest BCUT2D eigenvalue weighted by atomic mass is 10.2. The van der Waals surface area contributed by atoms with Crippen LogP contribution in [0.4, 0.5) is 5.82 Å². The molecule has 6 nitrogen and oxygen atoms in total. The first-order valence-corrected chi connectivity index (χ1v) is 10.1. The third-order valence-electron chi connectivity index (χ3n) is 4.47. The van der Waals surface area contributed by atoms with E-state index in [1.165, 1.54) is 31.2 Å². The topological polar surface area (TPSA) is 61.8 Å². The van der Waals surface area contributed by atoms with E-state index in [0.29, 0.717) is 6.54 Å². The van der Waals surface area contributed by atoms with Gasteiger partial charge in [-0.05, 0) is 50.8 Å². The number of aromatic nitrogens is 1. The number of guanidine groups is 1. The lowest BCUT2D eigenvalue weighted by molar-refractivity contribution is 0.145. The minimum absolute atomic E-state index is 0.657. The number of rotatable bonds is 9. The largest absolute Gasteiger partial charge is 0.382 e. The summed E-state index contributed by atoms with van der Waals surface area (Å²) in [5, 5.41) is 6.67. The highest BCUT2D eigenvalue weighted by Crippen LogP contribution is 2.18. The van der Waals surface area contributed by atoms with Gasteiger partial charge in [0.05, 0.1) is 6.54 Å². The lowest BCUT2D eigenvalue weighted by Crippen LogP contribution is -2.38. The van der Waals surface area contributed by atoms with Gasteiger partial charge < -0.3 is 20.3 Å². The van der Waals surface area contributed by atoms with Crippen molar-refractivity contribution in [3.63, 3.8) is 0 Å². The Balaban J connectivity index is 1.89. The van der Waals surface area contributed by atoms with Gasteiger partial charge in [-0.3, -0.25) is 0 Å². The van der Waals surface area contributed by atoms with Gasteiger partial charge in [0.15, 0.2) is 5.96 Å². The molecule has 0 aliphatic carbocycles. The molecule has 1 aromatic rings. The lowest BCUT2D eigenvalue weighted by Gasteiger charge is -2.21. The molecule has 2 N–H and O–H groups in total. The number of pyridine rings is 1. The summed E-state index contributed by atoms with van der Waals surface area (Å²) in [6, 6.07) is 4.25. The second kappa shape index (κ2) is 12.5. The van der Waals surface area contributed by atoms with E-state index in [1.807, 2.05) is 13.1 Å². The van der Waals surface area contributed by atoms with Crippen LogP contribution < -0.4 is 15.5 Å². The average molecular weight is 362 g/mol. The Kier molecular flexibility index (Phi) is 9.87. The van der Waals surface area contributed by atoms with Crippen LogP contribution >= 0.6 is 0 Å². The van der Waals surface area contributed by atoms with Gasteiger partial charge in [0.2, 0.25) is 0 Å². The number of ether oxygens (including phenoxy) is 1. The average Bonchev–Trinajstić information content (AvgIpc) is 2.95. The first kappa shape index (κ1) is 20.5. The maximum Gasteiger partial charge on any atom is 0.191 e. The molecule has 0 atom stereocenters. The van der Waals surface area contributed by atoms with Crippen LogP contribution in [0.3, 0.4) is 0 Å². The zero-order valence-corrected chi connectivity index (χ0v) is 16.5. The van der Waals surface area contributed by atoms with Gasteiger partial charge in [0.25, 0.3) is 0 Å². The zero-order chi connectivity index (χ0) is 18.5. The van der Waals surface area contributed by atoms with Crippen LogP contribution in [0.15, 0.2) is 23.3 Å². The van der Waals surface area contributed by atoms with Gasteiger partial charge in [0.1, 0.15) is 5.82 Å². The Labute approximate surface area is 158 Å². The molecule has 146 valence electrons. The number of hydrogen-bond acceptors (Lipinski definition) is 4. The summed E-state index contributed by atoms with van der Waals surface area (Å²) >= 11 is 0. The highest BCUT2D eigenvalue weighted by molar-refractivity contribution is 5.79. The Morgan fingerprint density at radius 3 is 2.73 bits per heavy atom. The van der Waals surface area contributed by atoms with Crippen molar-refractivity contribution in [2.75, 3.05) is 44.3 Å². The molecular weight excluding hydrogens is 326 g/mol. The minimum atomic E-state index is 0.657. The molecule has 26 heavy (non-hydrogen) atoms. The van der Waals surface area contributed by atoms with Crippen molar-refractivity contribution in [3.05, 3.63) is 23.9 Å². The molecule has 0 aromatic carbocycles. The fourth-order valence-corrected chi connectivity index (χ4v) is 3.07. The van der Waals surface area contributed by atoms with Gasteiger partial charge in [0, 0.05) is 45.6 Å². The fraction of sp³-hybridized carbons (Fsp3) is 0.700. The van der Waals surface area contributed by atoms with E-state index < -0.39 is 0 Å². The predicted molar refractivity (Wildman–Crippen MR) is 109 cm³/mol. The van der Waals surface area contributed by atoms with Crippen molar-refractivity contribution in [3.8, 4) is 0 Å². The summed E-state index contributed by atoms with van der Waals surface area (Å²) < 4.78 is 5.37. The van der Waals surface area contributed by atoms with E-state index in [0.717, 1.165) is 57.6 Å². The molecule has 6 heteroatoms. The summed E-state index contributed by atoms with van der Waals surface area (Å²) in [6.45, 7) is 10.3. The van der Waals surface area contributed by atoms with Gasteiger partial charge in [-0.2, -0.15) is 0 Å². The third kappa shape index (κ3) is 7.60. The zero-order valence-electron chi connectivity index (χ0n) is 16.5. The summed E-state index contributed by atoms with van der Waals surface area (Å²) in [7, 11) is 0. The smallest absolute Gasteiger partial charge is 0.191 e. The molecule has 0 unspecified atom stereocenters. The second-order valence-electron chi connectivity index (χ2n) is 6.60. The Morgan fingerprint density at radius 1 is 1.19 bits per heavy atom. The van der Waals surface area contributed by atoms with Gasteiger partial charge in [-0.15, -0.1) is 0 Å². The molecule has 0 radical (unpaired) electrons. The standard InChI is InChI=1S/C20H35N5O/c1-3-21-20(23-11-9-15-26-4-2)24-17-18-10-12-22-19(16-18)25-13-7-5-6-8-14-25/h10,12,16H,3-9,11,13-15,17H2,1-2H3,(H2,21,23,24). The summed E-state index contributed by atoms with van der Waals surface area (Å²) in [5.41, 5.74) is 1.20. The van der Waals surface area contributed by atoms with E-state index in [-0.39, 0.29) is 0 Å². The van der Waals surface area contributed by atoms with Crippen molar-refractivity contribution >= 4 is 11.8 Å². The first-order chi connectivity index (χ1) is 12.8. The molecular formula is C20H35N5O. The fourth-order valence-electron chi connectivity index (χ4n) is 3.07. The van der Waals surface area contributed by atoms with E-state index in [9.17, 15) is 0 Å². The molecule has 2 heterocycles. The van der Waals surface area contributed by atoms with Crippen molar-refractivity contribution in [2.24, 2.45) is 4.99 Å². The van der Waals surface area contributed by atoms with E-state index in [4.69, 9.17) is 9.73 Å². The monoisotopic (exact) mass is 361 g/mol. The minimum Gasteiger partial charge on any atom is -0.382 e. The molecule has 1 aliphatic rings. The van der Waals surface area contributed by atoms with Crippen LogP contribution in [0.25, 0.3) is 0 Å². The predicted octanol–water partition coefficient (Wildman–Crippen LogP) is 2.94. The van der Waals surface area contributed by atoms with Crippen molar-refractivity contribution in [1.29, 1.82) is 0 Å². The summed E-state index contributed by atoms with van der Waals surface area (Å²) in [6.07, 6.45) is 8.09. The molecule has 1 saturated heterocycles. The van der Waals surface area contributed by atoms with Crippen LogP contribution in [0, 0.1) is 0 Å². The quantitative estimate of drug-likeness (QED) is 0.402. The van der Waals surface area contributed by atoms with Crippen LogP contribution in [0.5, 0.6) is 0 Å². The Morgan fingerprint density at radius 2 is 2.00 bits per heavy atom. The van der Waals surface area contributed by atoms with Crippen LogP contribution in [0.1, 0.15) is 51.5 Å². The van der Waals surface area contributed by atoms with Gasteiger partial charge in [-0.1, -0.05) is 12.8 Å². The van der Waals surface area contributed by atoms with Crippen molar-refractivity contribution in [2.45, 2.75) is 52.5 Å². The van der Waals surface area contributed by atoms with Crippen molar-refractivity contribution in [1.82, 2.24) is 15.6 Å². The Bertz CT molecular complexity index is 527. The number of nitrogens with one attached hydrogen (secondary N) is 2. The SMILES string of the molecule is CCNC(=NCc1ccnc(N2CCCCCC2)c1)NCCCOCC. The number of nitrogens with zero attached hydrogens (tertiary/aromatic N) is 3. The second-order valence-corrected chi connectivity index (χ2v) is 6.60. The number of hydrogen-bond donors (Lipinski definition) is 2. The summed E-state index contributed by atoms with van der Waals surface area (Å²) in [5.74, 6) is 1.95. The molecule has 0 amide bonds. The highest BCUT2D eigenvalue weighted by Gasteiger charge is 2.11. The highest BCUT2D eigenvalue weighted by atomic mass is 16.5. The maximum absolute atomic E-state index is 5.37. The molecule has 1 aliphatic heterocycles. The molecule has 0 saturated carbocycles. The van der Waals surface area contributed by atoms with Gasteiger partial charge >= 0.3 is 0 Å². The summed E-state index contributed by atoms with van der Waals surface area (Å²) in [4.78, 5) is 11.7. The van der Waals surface area contributed by atoms with E-state index >= 15 is 0 Å². The van der Waals surface area contributed by atoms with E-state index in [1.54, 1.807) is 0 Å². The molecule has 1 fully saturated rings. The third-order valence-corrected chi connectivity index (χ3v) is 4.47. The van der Waals surface area contributed by atoms with Crippen LogP contribution in [0.2, 0.25) is 0 Å². The maximum atomic E-state index is 5.37. The van der Waals surface area contributed by atoms with Crippen LogP contribution in [-0.4, -0.2) is 50.3 Å². The first-order valence-electron chi connectivity index (χ1n) is 10.1. The van der Waals surface area contributed by atoms with Crippen molar-refractivity contribution < 1.29 is 4.74 Å². The van der Waals surface area contributed by atoms with E-state index in [2.05, 4.69) is 39.6 Å². The molecule has 0 spiro atoms. The number of anilines is 1. The Hall–Kier alpha value is -1.82. The molecule has 0 bridgehead atoms.